The Morgan fingerprint density at radius 2 is 1.85 bits per heavy atom. The predicted molar refractivity (Wildman–Crippen MR) is 172 cm³/mol. The van der Waals surface area contributed by atoms with Crippen molar-refractivity contribution in [3.8, 4) is 17.2 Å². The minimum atomic E-state index is -0.752. The monoisotopic (exact) mass is 786 g/mol. The van der Waals surface area contributed by atoms with Crippen molar-refractivity contribution in [2.24, 2.45) is 4.99 Å². The molecular weight excluding hydrogens is 758 g/mol. The maximum Gasteiger partial charge on any atom is 0.338 e. The van der Waals surface area contributed by atoms with Crippen LogP contribution in [0.1, 0.15) is 37.9 Å². The summed E-state index contributed by atoms with van der Waals surface area (Å²) in [4.78, 5) is 32.3. The van der Waals surface area contributed by atoms with Crippen LogP contribution in [-0.2, 0) is 9.53 Å². The number of carbonyl (C=O) groups excluding carboxylic acids is 1. The quantitative estimate of drug-likeness (QED) is 0.164. The highest BCUT2D eigenvalue weighted by Crippen LogP contribution is 2.36. The average Bonchev–Trinajstić information content (AvgIpc) is 3.21. The van der Waals surface area contributed by atoms with E-state index in [1.807, 2.05) is 31.2 Å². The van der Waals surface area contributed by atoms with Gasteiger partial charge < -0.3 is 18.9 Å². The first-order valence-electron chi connectivity index (χ1n) is 12.5. The van der Waals surface area contributed by atoms with Crippen molar-refractivity contribution in [3.05, 3.63) is 92.2 Å². The summed E-state index contributed by atoms with van der Waals surface area (Å²) >= 11 is 5.72. The first-order chi connectivity index (χ1) is 19.2. The molecule has 0 saturated carbocycles. The Balaban J connectivity index is 1.92. The normalized spacial score (nSPS) is 14.8. The molecule has 1 aliphatic rings. The summed E-state index contributed by atoms with van der Waals surface area (Å²) in [7, 11) is 1.56. The average molecular weight is 786 g/mol. The van der Waals surface area contributed by atoms with Crippen LogP contribution in [0.25, 0.3) is 6.08 Å². The third-order valence-corrected chi connectivity index (χ3v) is 8.57. The molecule has 0 unspecified atom stereocenters. The van der Waals surface area contributed by atoms with Crippen molar-refractivity contribution in [2.75, 3.05) is 26.9 Å². The molecule has 210 valence electrons. The van der Waals surface area contributed by atoms with Crippen molar-refractivity contribution in [1.82, 2.24) is 4.57 Å². The molecule has 4 rings (SSSR count). The molecular formula is C29H28I2N2O6S. The van der Waals surface area contributed by atoms with Crippen LogP contribution in [0, 0.1) is 7.14 Å². The highest BCUT2D eigenvalue weighted by molar-refractivity contribution is 14.1. The molecule has 0 radical (unpaired) electrons. The number of halogens is 2. The number of hydrogen-bond donors (Lipinski definition) is 0. The maximum atomic E-state index is 14.0. The van der Waals surface area contributed by atoms with Gasteiger partial charge in [0.15, 0.2) is 16.3 Å². The molecule has 0 aliphatic carbocycles. The van der Waals surface area contributed by atoms with E-state index in [-0.39, 0.29) is 12.2 Å². The second-order valence-corrected chi connectivity index (χ2v) is 11.9. The van der Waals surface area contributed by atoms with E-state index < -0.39 is 12.0 Å². The minimum absolute atomic E-state index is 0.198. The molecule has 0 saturated heterocycles. The van der Waals surface area contributed by atoms with Crippen LogP contribution in [0.2, 0.25) is 0 Å². The molecule has 1 aromatic heterocycles. The Hall–Kier alpha value is -2.65. The largest absolute Gasteiger partial charge is 0.493 e. The number of hydrogen-bond acceptors (Lipinski definition) is 8. The Morgan fingerprint density at radius 1 is 1.12 bits per heavy atom. The van der Waals surface area contributed by atoms with E-state index in [2.05, 4.69) is 56.8 Å². The lowest BCUT2D eigenvalue weighted by Gasteiger charge is -2.25. The molecule has 11 heteroatoms. The zero-order valence-electron chi connectivity index (χ0n) is 22.5. The zero-order valence-corrected chi connectivity index (χ0v) is 27.6. The molecule has 0 amide bonds. The van der Waals surface area contributed by atoms with Crippen molar-refractivity contribution in [2.45, 2.75) is 26.8 Å². The third-order valence-electron chi connectivity index (χ3n) is 5.98. The highest BCUT2D eigenvalue weighted by atomic mass is 127. The van der Waals surface area contributed by atoms with Crippen LogP contribution >= 0.6 is 56.5 Å². The van der Waals surface area contributed by atoms with Gasteiger partial charge in [0.2, 0.25) is 0 Å². The number of carbonyl (C=O) groups is 1. The van der Waals surface area contributed by atoms with E-state index in [1.165, 1.54) is 11.3 Å². The zero-order chi connectivity index (χ0) is 29.0. The van der Waals surface area contributed by atoms with E-state index in [1.54, 1.807) is 43.7 Å². The van der Waals surface area contributed by atoms with Crippen molar-refractivity contribution < 1.29 is 23.7 Å². The first-order valence-corrected chi connectivity index (χ1v) is 15.4. The number of thiazole rings is 1. The number of esters is 1. The number of rotatable bonds is 10. The summed E-state index contributed by atoms with van der Waals surface area (Å²) < 4.78 is 26.3. The van der Waals surface area contributed by atoms with Crippen molar-refractivity contribution in [1.29, 1.82) is 0 Å². The molecule has 2 aromatic carbocycles. The number of benzene rings is 2. The van der Waals surface area contributed by atoms with Crippen molar-refractivity contribution >= 4 is 68.6 Å². The summed E-state index contributed by atoms with van der Waals surface area (Å²) in [6, 6.07) is 8.57. The number of fused-ring (bicyclic) bond motifs is 1. The smallest absolute Gasteiger partial charge is 0.338 e. The fourth-order valence-electron chi connectivity index (χ4n) is 4.33. The summed E-state index contributed by atoms with van der Waals surface area (Å²) in [5.74, 6) is 1.33. The molecule has 1 atom stereocenters. The molecule has 0 fully saturated rings. The van der Waals surface area contributed by atoms with Gasteiger partial charge in [0.1, 0.15) is 12.4 Å². The number of methoxy groups -OCH3 is 1. The van der Waals surface area contributed by atoms with Crippen molar-refractivity contribution in [3.63, 3.8) is 0 Å². The van der Waals surface area contributed by atoms with Gasteiger partial charge in [-0.05, 0) is 107 Å². The van der Waals surface area contributed by atoms with Crippen LogP contribution in [0.5, 0.6) is 17.2 Å². The van der Waals surface area contributed by atoms with Gasteiger partial charge in [-0.3, -0.25) is 9.36 Å². The first kappa shape index (κ1) is 30.3. The molecule has 2 heterocycles. The molecule has 0 bridgehead atoms. The van der Waals surface area contributed by atoms with Gasteiger partial charge in [0, 0.05) is 0 Å². The summed E-state index contributed by atoms with van der Waals surface area (Å²) in [6.45, 7) is 10.1. The van der Waals surface area contributed by atoms with E-state index in [9.17, 15) is 9.59 Å². The number of aromatic nitrogens is 1. The van der Waals surface area contributed by atoms with Gasteiger partial charge in [-0.1, -0.05) is 30.1 Å². The molecule has 1 aliphatic heterocycles. The molecule has 8 nitrogen and oxygen atoms in total. The van der Waals surface area contributed by atoms with Gasteiger partial charge in [0.25, 0.3) is 5.56 Å². The maximum absolute atomic E-state index is 14.0. The van der Waals surface area contributed by atoms with E-state index >= 15 is 0 Å². The fourth-order valence-corrected chi connectivity index (χ4v) is 7.51. The number of allylic oxidation sites excluding steroid dienone is 1. The van der Waals surface area contributed by atoms with E-state index in [0.717, 1.165) is 18.5 Å². The van der Waals surface area contributed by atoms with Crippen LogP contribution in [-0.4, -0.2) is 37.5 Å². The van der Waals surface area contributed by atoms with Crippen LogP contribution in [0.15, 0.2) is 64.0 Å². The fraction of sp³-hybridized carbons (Fsp3) is 0.276. The second kappa shape index (κ2) is 13.3. The van der Waals surface area contributed by atoms with Crippen LogP contribution < -0.4 is 29.1 Å². The lowest BCUT2D eigenvalue weighted by molar-refractivity contribution is -0.139. The molecule has 40 heavy (non-hydrogen) atoms. The standard InChI is InChI=1S/C29H28I2N2O6S/c1-6-11-39-26-19(30)12-17(13-20(26)31)14-23-27(34)33-25(18-9-10-21(36-5)22(15-18)37-7-2)24(28(35)38-8-3)16(4)32-29(33)40-23/h6,9-10,12-15,25H,1,7-8,11H2,2-5H3/b23-14-/t25-/m0/s1. The lowest BCUT2D eigenvalue weighted by Crippen LogP contribution is -2.40. The molecule has 3 aromatic rings. The Bertz CT molecular complexity index is 1650. The third kappa shape index (κ3) is 6.15. The van der Waals surface area contributed by atoms with E-state index in [0.29, 0.717) is 50.9 Å². The summed E-state index contributed by atoms with van der Waals surface area (Å²) in [6.07, 6.45) is 3.54. The molecule has 0 spiro atoms. The minimum Gasteiger partial charge on any atom is -0.493 e. The number of nitrogens with zero attached hydrogens (tertiary/aromatic N) is 2. The topological polar surface area (TPSA) is 88.3 Å². The second-order valence-electron chi connectivity index (χ2n) is 8.56. The SMILES string of the molecule is C=CCOc1c(I)cc(/C=c2\sc3n(c2=O)[C@@H](c2ccc(OC)c(OCC)c2)C(C(=O)OCC)=C(C)N=3)cc1I. The van der Waals surface area contributed by atoms with E-state index in [4.69, 9.17) is 18.9 Å². The van der Waals surface area contributed by atoms with Crippen LogP contribution in [0.4, 0.5) is 0 Å². The lowest BCUT2D eigenvalue weighted by atomic mass is 9.95. The van der Waals surface area contributed by atoms with Gasteiger partial charge in [0.05, 0.1) is 49.3 Å². The van der Waals surface area contributed by atoms with Gasteiger partial charge in [-0.2, -0.15) is 0 Å². The molecule has 0 N–H and O–H groups in total. The van der Waals surface area contributed by atoms with Gasteiger partial charge in [-0.15, -0.1) is 0 Å². The van der Waals surface area contributed by atoms with Gasteiger partial charge >= 0.3 is 5.97 Å². The predicted octanol–water partition coefficient (Wildman–Crippen LogP) is 4.98. The number of ether oxygens (including phenoxy) is 4. The summed E-state index contributed by atoms with van der Waals surface area (Å²) in [5.41, 5.74) is 2.08. The van der Waals surface area contributed by atoms with Crippen LogP contribution in [0.3, 0.4) is 0 Å². The Labute approximate surface area is 263 Å². The Morgan fingerprint density at radius 3 is 2.48 bits per heavy atom. The van der Waals surface area contributed by atoms with Gasteiger partial charge in [-0.25, -0.2) is 9.79 Å². The highest BCUT2D eigenvalue weighted by Gasteiger charge is 2.34. The Kier molecular flexibility index (Phi) is 10.1. The summed E-state index contributed by atoms with van der Waals surface area (Å²) in [5, 5.41) is 0.